The van der Waals surface area contributed by atoms with Gasteiger partial charge in [-0.15, -0.1) is 11.3 Å². The van der Waals surface area contributed by atoms with Gasteiger partial charge in [0.05, 0.1) is 23.8 Å². The summed E-state index contributed by atoms with van der Waals surface area (Å²) in [5.74, 6) is -0.171. The summed E-state index contributed by atoms with van der Waals surface area (Å²) in [5, 5.41) is 7.63. The Hall–Kier alpha value is -3.43. The minimum Gasteiger partial charge on any atom is -0.367 e. The van der Waals surface area contributed by atoms with E-state index in [0.29, 0.717) is 0 Å². The third-order valence-corrected chi connectivity index (χ3v) is 6.94. The fourth-order valence-corrected chi connectivity index (χ4v) is 4.95. The number of hydrogen-bond donors (Lipinski definition) is 3. The topological polar surface area (TPSA) is 104 Å². The molecule has 0 bridgehead atoms. The van der Waals surface area contributed by atoms with E-state index < -0.39 is 12.1 Å². The lowest BCUT2D eigenvalue weighted by atomic mass is 10.1. The molecule has 0 spiro atoms. The second-order valence-corrected chi connectivity index (χ2v) is 9.26. The van der Waals surface area contributed by atoms with E-state index >= 15 is 0 Å². The van der Waals surface area contributed by atoms with Gasteiger partial charge < -0.3 is 21.3 Å². The van der Waals surface area contributed by atoms with Crippen molar-refractivity contribution >= 4 is 34.6 Å². The lowest BCUT2D eigenvalue weighted by Crippen LogP contribution is -2.47. The monoisotopic (exact) mass is 478 g/mol. The maximum Gasteiger partial charge on any atom is 0.312 e. The standard InChI is InChI=1S/C25H30N6O2S/c26-25(33)29-21(23-6-3-17-34-23)18-24(32)28-20-4-1-2-5-22(20)31-15-13-30(14-16-31)12-9-19-7-10-27-11-8-19/h1-8,10-11,17,21H,9,12-16,18H2,(H,28,32)(H3,26,29,33). The molecule has 3 aromatic rings. The van der Waals surface area contributed by atoms with Crippen molar-refractivity contribution in [1.29, 1.82) is 0 Å². The minimum atomic E-state index is -0.645. The second kappa shape index (κ2) is 11.6. The summed E-state index contributed by atoms with van der Waals surface area (Å²) < 4.78 is 0. The van der Waals surface area contributed by atoms with Crippen LogP contribution < -0.4 is 21.3 Å². The fraction of sp³-hybridized carbons (Fsp3) is 0.320. The van der Waals surface area contributed by atoms with Crippen LogP contribution in [0.4, 0.5) is 16.2 Å². The van der Waals surface area contributed by atoms with Crippen molar-refractivity contribution in [2.45, 2.75) is 18.9 Å². The van der Waals surface area contributed by atoms with Crippen molar-refractivity contribution in [2.75, 3.05) is 42.9 Å². The number of aromatic nitrogens is 1. The zero-order chi connectivity index (χ0) is 23.8. The molecule has 1 atom stereocenters. The largest absolute Gasteiger partial charge is 0.367 e. The van der Waals surface area contributed by atoms with E-state index in [1.54, 1.807) is 0 Å². The minimum absolute atomic E-state index is 0.112. The maximum atomic E-state index is 12.9. The van der Waals surface area contributed by atoms with Crippen molar-refractivity contribution in [3.8, 4) is 0 Å². The van der Waals surface area contributed by atoms with Crippen molar-refractivity contribution in [3.05, 3.63) is 76.7 Å². The predicted molar refractivity (Wildman–Crippen MR) is 136 cm³/mol. The van der Waals surface area contributed by atoms with Crippen LogP contribution in [0.15, 0.2) is 66.3 Å². The number of thiophene rings is 1. The van der Waals surface area contributed by atoms with E-state index in [0.717, 1.165) is 55.4 Å². The zero-order valence-electron chi connectivity index (χ0n) is 19.0. The number of piperazine rings is 1. The molecule has 4 N–H and O–H groups in total. The molecule has 4 rings (SSSR count). The third kappa shape index (κ3) is 6.55. The summed E-state index contributed by atoms with van der Waals surface area (Å²) in [5.41, 5.74) is 8.42. The van der Waals surface area contributed by atoms with E-state index in [1.807, 2.05) is 54.2 Å². The van der Waals surface area contributed by atoms with Gasteiger partial charge in [0, 0.05) is 50.0 Å². The molecular formula is C25H30N6O2S. The van der Waals surface area contributed by atoms with Gasteiger partial charge in [0.25, 0.3) is 0 Å². The van der Waals surface area contributed by atoms with Crippen molar-refractivity contribution < 1.29 is 9.59 Å². The summed E-state index contributed by atoms with van der Waals surface area (Å²) in [7, 11) is 0. The second-order valence-electron chi connectivity index (χ2n) is 8.28. The van der Waals surface area contributed by atoms with Gasteiger partial charge in [-0.1, -0.05) is 18.2 Å². The van der Waals surface area contributed by atoms with Gasteiger partial charge >= 0.3 is 6.03 Å². The number of para-hydroxylation sites is 2. The molecule has 178 valence electrons. The highest BCUT2D eigenvalue weighted by molar-refractivity contribution is 7.10. The summed E-state index contributed by atoms with van der Waals surface area (Å²) in [6.07, 6.45) is 4.80. The number of primary amides is 1. The van der Waals surface area contributed by atoms with E-state index in [9.17, 15) is 9.59 Å². The Kier molecular flexibility index (Phi) is 8.11. The molecule has 0 aliphatic carbocycles. The van der Waals surface area contributed by atoms with Crippen LogP contribution in [0.3, 0.4) is 0 Å². The van der Waals surface area contributed by atoms with Gasteiger partial charge in [0.15, 0.2) is 0 Å². The molecule has 3 amide bonds. The van der Waals surface area contributed by atoms with E-state index in [4.69, 9.17) is 5.73 Å². The first kappa shape index (κ1) is 23.7. The molecule has 34 heavy (non-hydrogen) atoms. The van der Waals surface area contributed by atoms with Crippen LogP contribution in [0, 0.1) is 0 Å². The van der Waals surface area contributed by atoms with Crippen molar-refractivity contribution in [2.24, 2.45) is 5.73 Å². The lowest BCUT2D eigenvalue weighted by molar-refractivity contribution is -0.116. The molecule has 8 nitrogen and oxygen atoms in total. The Morgan fingerprint density at radius 2 is 1.79 bits per heavy atom. The molecule has 2 aromatic heterocycles. The van der Waals surface area contributed by atoms with E-state index in [1.165, 1.54) is 16.9 Å². The molecule has 9 heteroatoms. The number of carbonyl (C=O) groups excluding carboxylic acids is 2. The van der Waals surface area contributed by atoms with Crippen LogP contribution in [-0.4, -0.2) is 54.5 Å². The maximum absolute atomic E-state index is 12.9. The van der Waals surface area contributed by atoms with Gasteiger partial charge in [-0.2, -0.15) is 0 Å². The van der Waals surface area contributed by atoms with Crippen LogP contribution in [-0.2, 0) is 11.2 Å². The number of nitrogens with two attached hydrogens (primary N) is 1. The van der Waals surface area contributed by atoms with Gasteiger partial charge in [0.1, 0.15) is 0 Å². The molecule has 1 aliphatic rings. The van der Waals surface area contributed by atoms with E-state index in [-0.39, 0.29) is 12.3 Å². The molecule has 1 aliphatic heterocycles. The average molecular weight is 479 g/mol. The van der Waals surface area contributed by atoms with E-state index in [2.05, 4.69) is 37.6 Å². The predicted octanol–water partition coefficient (Wildman–Crippen LogP) is 3.25. The normalized spacial score (nSPS) is 15.0. The molecule has 0 radical (unpaired) electrons. The van der Waals surface area contributed by atoms with Crippen LogP contribution in [0.1, 0.15) is 22.9 Å². The average Bonchev–Trinajstić information content (AvgIpc) is 3.39. The zero-order valence-corrected chi connectivity index (χ0v) is 19.8. The highest BCUT2D eigenvalue weighted by atomic mass is 32.1. The number of rotatable bonds is 9. The number of hydrogen-bond acceptors (Lipinski definition) is 6. The molecule has 1 saturated heterocycles. The van der Waals surface area contributed by atoms with Crippen molar-refractivity contribution in [3.63, 3.8) is 0 Å². The van der Waals surface area contributed by atoms with Gasteiger partial charge in [-0.05, 0) is 47.7 Å². The first-order valence-corrected chi connectivity index (χ1v) is 12.3. The smallest absolute Gasteiger partial charge is 0.312 e. The SMILES string of the molecule is NC(=O)NC(CC(=O)Nc1ccccc1N1CCN(CCc2ccncc2)CC1)c1cccs1. The Morgan fingerprint density at radius 3 is 2.50 bits per heavy atom. The van der Waals surface area contributed by atoms with Gasteiger partial charge in [0.2, 0.25) is 5.91 Å². The lowest BCUT2D eigenvalue weighted by Gasteiger charge is -2.37. The highest BCUT2D eigenvalue weighted by Crippen LogP contribution is 2.28. The van der Waals surface area contributed by atoms with Crippen LogP contribution in [0.5, 0.6) is 0 Å². The Balaban J connectivity index is 1.33. The Bertz CT molecular complexity index is 1070. The molecule has 0 saturated carbocycles. The van der Waals surface area contributed by atoms with Gasteiger partial charge in [-0.25, -0.2) is 4.79 Å². The Labute approximate surface area is 203 Å². The number of amides is 3. The summed E-state index contributed by atoms with van der Waals surface area (Å²) in [4.78, 5) is 34.1. The highest BCUT2D eigenvalue weighted by Gasteiger charge is 2.22. The summed E-state index contributed by atoms with van der Waals surface area (Å²) in [6, 6.07) is 14.7. The van der Waals surface area contributed by atoms with Crippen LogP contribution >= 0.6 is 11.3 Å². The summed E-state index contributed by atoms with van der Waals surface area (Å²) in [6.45, 7) is 4.74. The quantitative estimate of drug-likeness (QED) is 0.438. The fourth-order valence-electron chi connectivity index (χ4n) is 4.17. The molecule has 1 aromatic carbocycles. The first-order chi connectivity index (χ1) is 16.6. The Morgan fingerprint density at radius 1 is 1.03 bits per heavy atom. The number of carbonyl (C=O) groups is 2. The molecule has 3 heterocycles. The van der Waals surface area contributed by atoms with Crippen molar-refractivity contribution in [1.82, 2.24) is 15.2 Å². The summed E-state index contributed by atoms with van der Waals surface area (Å²) >= 11 is 1.48. The molecule has 1 fully saturated rings. The van der Waals surface area contributed by atoms with Gasteiger partial charge in [-0.3, -0.25) is 14.7 Å². The number of anilines is 2. The number of urea groups is 1. The van der Waals surface area contributed by atoms with Crippen LogP contribution in [0.2, 0.25) is 0 Å². The number of pyridine rings is 1. The molecular weight excluding hydrogens is 448 g/mol. The first-order valence-electron chi connectivity index (χ1n) is 11.4. The van der Waals surface area contributed by atoms with Crippen LogP contribution in [0.25, 0.3) is 0 Å². The number of nitrogens with one attached hydrogen (secondary N) is 2. The number of nitrogens with zero attached hydrogens (tertiary/aromatic N) is 3. The third-order valence-electron chi connectivity index (χ3n) is 5.95. The molecule has 1 unspecified atom stereocenters. The number of benzene rings is 1.